The molecule has 0 radical (unpaired) electrons. The number of hydrogen-bond donors (Lipinski definition) is 0. The van der Waals surface area contributed by atoms with Crippen LogP contribution < -0.4 is 0 Å². The molecule has 0 amide bonds. The Kier molecular flexibility index (Phi) is 6.22. The van der Waals surface area contributed by atoms with Crippen LogP contribution in [0.1, 0.15) is 47.0 Å². The maximum absolute atomic E-state index is 5.93. The molecule has 0 unspecified atom stereocenters. The Labute approximate surface area is 133 Å². The van der Waals surface area contributed by atoms with E-state index in [4.69, 9.17) is 28.4 Å². The first-order valence-corrected chi connectivity index (χ1v) is 8.41. The van der Waals surface area contributed by atoms with E-state index < -0.39 is 11.9 Å². The molecule has 2 heterocycles. The third kappa shape index (κ3) is 3.80. The van der Waals surface area contributed by atoms with Crippen LogP contribution in [0.5, 0.6) is 0 Å². The van der Waals surface area contributed by atoms with Gasteiger partial charge in [-0.1, -0.05) is 20.8 Å². The highest BCUT2D eigenvalue weighted by Gasteiger charge is 2.51. The summed E-state index contributed by atoms with van der Waals surface area (Å²) in [6.07, 6.45) is 2.24. The molecule has 1 spiro atoms. The minimum Gasteiger partial charge on any atom is -0.328 e. The third-order valence-electron chi connectivity index (χ3n) is 4.15. The van der Waals surface area contributed by atoms with Gasteiger partial charge in [0.1, 0.15) is 0 Å². The maximum atomic E-state index is 5.93. The van der Waals surface area contributed by atoms with Crippen molar-refractivity contribution < 1.29 is 28.4 Å². The second kappa shape index (κ2) is 7.55. The molecular weight excluding hydrogens is 288 g/mol. The van der Waals surface area contributed by atoms with Gasteiger partial charge in [0.05, 0.1) is 38.4 Å². The van der Waals surface area contributed by atoms with Crippen molar-refractivity contribution in [3.63, 3.8) is 0 Å². The maximum Gasteiger partial charge on any atom is 0.282 e. The molecule has 130 valence electrons. The number of hydrogen-bond acceptors (Lipinski definition) is 6. The molecule has 2 saturated heterocycles. The fourth-order valence-corrected chi connectivity index (χ4v) is 2.64. The van der Waals surface area contributed by atoms with E-state index >= 15 is 0 Å². The van der Waals surface area contributed by atoms with Crippen LogP contribution >= 0.6 is 0 Å². The van der Waals surface area contributed by atoms with Crippen LogP contribution in [0.4, 0.5) is 0 Å². The van der Waals surface area contributed by atoms with Crippen molar-refractivity contribution in [3.05, 3.63) is 0 Å². The molecule has 2 aliphatic rings. The smallest absolute Gasteiger partial charge is 0.282 e. The number of ether oxygens (including phenoxy) is 6. The SMILES string of the molecule is CCCOC1(CC)OCC2(COC(CC)(OCC)OC2)CO1. The summed E-state index contributed by atoms with van der Waals surface area (Å²) in [5.74, 6) is -1.83. The van der Waals surface area contributed by atoms with Crippen molar-refractivity contribution >= 4 is 0 Å². The van der Waals surface area contributed by atoms with Gasteiger partial charge >= 0.3 is 0 Å². The van der Waals surface area contributed by atoms with Crippen molar-refractivity contribution in [3.8, 4) is 0 Å². The topological polar surface area (TPSA) is 55.4 Å². The van der Waals surface area contributed by atoms with E-state index in [1.807, 2.05) is 20.8 Å². The summed E-state index contributed by atoms with van der Waals surface area (Å²) >= 11 is 0. The van der Waals surface area contributed by atoms with Gasteiger partial charge in [0, 0.05) is 19.4 Å². The highest BCUT2D eigenvalue weighted by Crippen LogP contribution is 2.39. The Bertz CT molecular complexity index is 328. The zero-order valence-corrected chi connectivity index (χ0v) is 14.3. The molecular formula is C16H30O6. The molecule has 0 aliphatic carbocycles. The second-order valence-corrected chi connectivity index (χ2v) is 6.01. The van der Waals surface area contributed by atoms with Crippen molar-refractivity contribution in [1.29, 1.82) is 0 Å². The van der Waals surface area contributed by atoms with Crippen LogP contribution in [0.25, 0.3) is 0 Å². The lowest BCUT2D eigenvalue weighted by Crippen LogP contribution is -2.59. The van der Waals surface area contributed by atoms with Gasteiger partial charge in [-0.05, 0) is 13.3 Å². The molecule has 0 aromatic rings. The first-order valence-electron chi connectivity index (χ1n) is 8.41. The Hall–Kier alpha value is -0.240. The summed E-state index contributed by atoms with van der Waals surface area (Å²) in [6, 6.07) is 0. The molecule has 0 aromatic carbocycles. The van der Waals surface area contributed by atoms with Gasteiger partial charge in [-0.25, -0.2) is 0 Å². The molecule has 0 saturated carbocycles. The summed E-state index contributed by atoms with van der Waals surface area (Å²) in [5, 5.41) is 0. The summed E-state index contributed by atoms with van der Waals surface area (Å²) < 4.78 is 35.0. The monoisotopic (exact) mass is 318 g/mol. The minimum absolute atomic E-state index is 0.288. The van der Waals surface area contributed by atoms with E-state index in [0.717, 1.165) is 6.42 Å². The molecule has 2 aliphatic heterocycles. The van der Waals surface area contributed by atoms with Gasteiger partial charge in [-0.15, -0.1) is 0 Å². The summed E-state index contributed by atoms with van der Waals surface area (Å²) in [5.41, 5.74) is -0.288. The Morgan fingerprint density at radius 2 is 1.18 bits per heavy atom. The molecule has 2 rings (SSSR count). The third-order valence-corrected chi connectivity index (χ3v) is 4.15. The molecule has 0 atom stereocenters. The van der Waals surface area contributed by atoms with Crippen molar-refractivity contribution in [2.24, 2.45) is 5.41 Å². The van der Waals surface area contributed by atoms with E-state index in [-0.39, 0.29) is 5.41 Å². The van der Waals surface area contributed by atoms with E-state index in [2.05, 4.69) is 6.92 Å². The first-order chi connectivity index (χ1) is 10.6. The van der Waals surface area contributed by atoms with Crippen molar-refractivity contribution in [1.82, 2.24) is 0 Å². The van der Waals surface area contributed by atoms with Crippen LogP contribution in [-0.4, -0.2) is 51.6 Å². The molecule has 6 heteroatoms. The van der Waals surface area contributed by atoms with Gasteiger partial charge in [0.25, 0.3) is 11.9 Å². The fraction of sp³-hybridized carbons (Fsp3) is 1.00. The lowest BCUT2D eigenvalue weighted by atomic mass is 9.90. The van der Waals surface area contributed by atoms with Crippen LogP contribution in [0.2, 0.25) is 0 Å². The van der Waals surface area contributed by atoms with Gasteiger partial charge < -0.3 is 28.4 Å². The Morgan fingerprint density at radius 3 is 1.55 bits per heavy atom. The molecule has 0 bridgehead atoms. The van der Waals surface area contributed by atoms with Crippen molar-refractivity contribution in [2.45, 2.75) is 58.9 Å². The van der Waals surface area contributed by atoms with Crippen molar-refractivity contribution in [2.75, 3.05) is 39.6 Å². The predicted octanol–water partition coefficient (Wildman–Crippen LogP) is 2.66. The van der Waals surface area contributed by atoms with Crippen LogP contribution in [0.15, 0.2) is 0 Å². The van der Waals surface area contributed by atoms with E-state index in [9.17, 15) is 0 Å². The minimum atomic E-state index is -0.919. The quantitative estimate of drug-likeness (QED) is 0.719. The highest BCUT2D eigenvalue weighted by atomic mass is 16.9. The average Bonchev–Trinajstić information content (AvgIpc) is 2.57. The predicted molar refractivity (Wildman–Crippen MR) is 80.2 cm³/mol. The van der Waals surface area contributed by atoms with Crippen LogP contribution in [-0.2, 0) is 28.4 Å². The van der Waals surface area contributed by atoms with Crippen LogP contribution in [0, 0.1) is 5.41 Å². The van der Waals surface area contributed by atoms with E-state index in [1.165, 1.54) is 0 Å². The zero-order chi connectivity index (χ0) is 16.1. The summed E-state index contributed by atoms with van der Waals surface area (Å²) in [6.45, 7) is 11.1. The Balaban J connectivity index is 1.91. The largest absolute Gasteiger partial charge is 0.328 e. The molecule has 2 fully saturated rings. The molecule has 0 aromatic heterocycles. The second-order valence-electron chi connectivity index (χ2n) is 6.01. The van der Waals surface area contributed by atoms with Gasteiger partial charge in [-0.2, -0.15) is 0 Å². The zero-order valence-electron chi connectivity index (χ0n) is 14.3. The average molecular weight is 318 g/mol. The highest BCUT2D eigenvalue weighted by molar-refractivity contribution is 4.86. The fourth-order valence-electron chi connectivity index (χ4n) is 2.64. The normalized spacial score (nSPS) is 39.3. The number of rotatable bonds is 7. The van der Waals surface area contributed by atoms with E-state index in [1.54, 1.807) is 0 Å². The van der Waals surface area contributed by atoms with Gasteiger partial charge in [-0.3, -0.25) is 0 Å². The van der Waals surface area contributed by atoms with Gasteiger partial charge in [0.15, 0.2) is 0 Å². The van der Waals surface area contributed by atoms with E-state index in [0.29, 0.717) is 52.5 Å². The lowest BCUT2D eigenvalue weighted by molar-refractivity contribution is -0.464. The molecule has 6 nitrogen and oxygen atoms in total. The summed E-state index contributed by atoms with van der Waals surface area (Å²) in [4.78, 5) is 0. The van der Waals surface area contributed by atoms with Crippen LogP contribution in [0.3, 0.4) is 0 Å². The first kappa shape index (κ1) is 18.1. The standard InChI is InChI=1S/C16H30O6/c1-5-9-18-16(7-3)21-12-14(13-22-16)10-19-15(6-2,17-8-4)20-11-14/h5-13H2,1-4H3. The lowest BCUT2D eigenvalue weighted by Gasteiger charge is -2.49. The molecule has 0 N–H and O–H groups in total. The molecule has 22 heavy (non-hydrogen) atoms. The Morgan fingerprint density at radius 1 is 0.727 bits per heavy atom. The van der Waals surface area contributed by atoms with Gasteiger partial charge in [0.2, 0.25) is 0 Å². The summed E-state index contributed by atoms with van der Waals surface area (Å²) in [7, 11) is 0.